The van der Waals surface area contributed by atoms with Crippen molar-refractivity contribution in [1.29, 1.82) is 0 Å². The first-order valence-corrected chi connectivity index (χ1v) is 92.0. The van der Waals surface area contributed by atoms with Crippen molar-refractivity contribution in [3.63, 3.8) is 0 Å². The summed E-state index contributed by atoms with van der Waals surface area (Å²) in [6.45, 7) is 124. The third-order valence-corrected chi connectivity index (χ3v) is 101. The van der Waals surface area contributed by atoms with Gasteiger partial charge in [-0.2, -0.15) is 0 Å². The standard InChI is InChI=1S/2C32H73PSi7.2ClH.Pt/c2*1-33(2)29-27(30(34(3,4)5)35(6,7)8)24-26(25-28(29)31(36(9,10)11)37(12,13)14)32(38(15,16)17,39(18,19)20)40(21,22)23;;;/h2*24-25,30-31H,1-23H3;2*1H;/q;;;;+2/p-2. The van der Waals surface area contributed by atoms with E-state index in [1.54, 1.807) is 0 Å². The molecule has 0 unspecified atom stereocenters. The van der Waals surface area contributed by atoms with Gasteiger partial charge in [-0.25, -0.2) is 0 Å². The second kappa shape index (κ2) is 28.5. The van der Waals surface area contributed by atoms with Crippen LogP contribution in [-0.4, -0.2) is 140 Å². The van der Waals surface area contributed by atoms with Gasteiger partial charge in [0.1, 0.15) is 0 Å². The fourth-order valence-electron chi connectivity index (χ4n) is 22.0. The van der Waals surface area contributed by atoms with Crippen molar-refractivity contribution in [1.82, 2.24) is 0 Å². The van der Waals surface area contributed by atoms with E-state index in [2.05, 4.69) is 326 Å². The van der Waals surface area contributed by atoms with E-state index in [1.165, 1.54) is 0 Å². The molecule has 0 fully saturated rings. The summed E-state index contributed by atoms with van der Waals surface area (Å²) < 4.78 is 0.845. The molecule has 0 aromatic heterocycles. The van der Waals surface area contributed by atoms with Gasteiger partial charge in [-0.05, 0) is 99.9 Å². The first-order chi connectivity index (χ1) is 35.7. The summed E-state index contributed by atoms with van der Waals surface area (Å²) in [5.41, 5.74) is 11.1. The molecule has 492 valence electrons. The Morgan fingerprint density at radius 3 is 0.446 bits per heavy atom. The Labute approximate surface area is 557 Å². The van der Waals surface area contributed by atoms with E-state index < -0.39 is 130 Å². The molecule has 0 aliphatic rings. The molecular formula is C64H146Cl2P2PtSi14. The van der Waals surface area contributed by atoms with Gasteiger partial charge in [-0.1, -0.05) is 315 Å². The molecule has 0 heterocycles. The quantitative estimate of drug-likeness (QED) is 0.0814. The van der Waals surface area contributed by atoms with Crippen LogP contribution in [0.15, 0.2) is 24.3 Å². The Hall–Kier alpha value is 3.60. The van der Waals surface area contributed by atoms with Gasteiger partial charge in [-0.15, -0.1) is 0 Å². The van der Waals surface area contributed by atoms with E-state index in [1.807, 2.05) is 44.0 Å². The second-order valence-electron chi connectivity index (χ2n) is 41.5. The fourth-order valence-corrected chi connectivity index (χ4v) is 137. The summed E-state index contributed by atoms with van der Waals surface area (Å²) >= 11 is -0.472. The van der Waals surface area contributed by atoms with Gasteiger partial charge in [0.05, 0.1) is 0 Å². The molecule has 0 nitrogen and oxygen atoms in total. The molecule has 2 aromatic carbocycles. The third-order valence-electron chi connectivity index (χ3n) is 19.0. The molecule has 2 aromatic rings. The Morgan fingerprint density at radius 2 is 0.373 bits per heavy atom. The number of rotatable bonds is 22. The van der Waals surface area contributed by atoms with E-state index in [0.717, 1.165) is 20.7 Å². The van der Waals surface area contributed by atoms with Crippen LogP contribution < -0.4 is 10.6 Å². The third kappa shape index (κ3) is 19.9. The summed E-state index contributed by atoms with van der Waals surface area (Å²) in [6.07, 6.45) is 0. The van der Waals surface area contributed by atoms with Gasteiger partial charge in [-0.3, -0.25) is 0 Å². The zero-order chi connectivity index (χ0) is 67.6. The van der Waals surface area contributed by atoms with Crippen molar-refractivity contribution in [2.75, 3.05) is 26.7 Å². The monoisotopic (exact) mass is 1630 g/mol. The van der Waals surface area contributed by atoms with E-state index in [4.69, 9.17) is 18.8 Å². The topological polar surface area (TPSA) is 0 Å². The van der Waals surface area contributed by atoms with Crippen LogP contribution in [0.1, 0.15) is 54.0 Å². The predicted molar refractivity (Wildman–Crippen MR) is 443 cm³/mol. The van der Waals surface area contributed by atoms with Crippen LogP contribution in [0, 0.1) is 0 Å². The van der Waals surface area contributed by atoms with E-state index in [9.17, 15) is 0 Å². The van der Waals surface area contributed by atoms with Crippen LogP contribution in [0.2, 0.25) is 275 Å². The fraction of sp³-hybridized carbons (Fsp3) is 0.812. The van der Waals surface area contributed by atoms with Crippen LogP contribution in [0.25, 0.3) is 0 Å². The Bertz CT molecular complexity index is 2030. The van der Waals surface area contributed by atoms with E-state index in [-0.39, 0.29) is 15.8 Å². The molecular weight excluding hydrogens is 1490 g/mol. The zero-order valence-electron chi connectivity index (χ0n) is 64.6. The maximum absolute atomic E-state index is 4.88. The molecule has 0 radical (unpaired) electrons. The molecule has 0 N–H and O–H groups in total. The number of halogens is 2. The summed E-state index contributed by atoms with van der Waals surface area (Å²) in [5.74, 6) is 0. The average Bonchev–Trinajstić information content (AvgIpc) is 3.06. The molecule has 83 heavy (non-hydrogen) atoms. The summed E-state index contributed by atoms with van der Waals surface area (Å²) in [5, 5.41) is 6.91. The minimum absolute atomic E-state index is 0.200. The second-order valence-corrected chi connectivity index (χ2v) is 129. The molecule has 19 heteroatoms. The minimum atomic E-state index is -1.62. The van der Waals surface area contributed by atoms with Gasteiger partial charge in [0.15, 0.2) is 0 Å². The van der Waals surface area contributed by atoms with Gasteiger partial charge in [0.25, 0.3) is 0 Å². The van der Waals surface area contributed by atoms with Crippen molar-refractivity contribution in [2.24, 2.45) is 0 Å². The normalized spacial score (nSPS) is 15.3. The van der Waals surface area contributed by atoms with Crippen molar-refractivity contribution >= 4 is 158 Å². The number of benzene rings is 2. The van der Waals surface area contributed by atoms with Crippen LogP contribution in [0.3, 0.4) is 0 Å². The molecule has 0 aliphatic carbocycles. The van der Waals surface area contributed by atoms with Crippen molar-refractivity contribution in [2.45, 2.75) is 304 Å². The summed E-state index contributed by atoms with van der Waals surface area (Å²) in [6, 6.07) is 11.8. The molecule has 0 saturated heterocycles. The first kappa shape index (κ1) is 86.6. The van der Waals surface area contributed by atoms with Crippen LogP contribution >= 0.6 is 34.7 Å². The Kier molecular flexibility index (Phi) is 29.7. The summed E-state index contributed by atoms with van der Waals surface area (Å²) in [7, 11) is -12.2. The van der Waals surface area contributed by atoms with Crippen molar-refractivity contribution in [3.05, 3.63) is 57.6 Å². The van der Waals surface area contributed by atoms with Gasteiger partial charge in [0, 0.05) is 113 Å². The van der Waals surface area contributed by atoms with E-state index >= 15 is 0 Å². The van der Waals surface area contributed by atoms with Gasteiger partial charge in [0.2, 0.25) is 0 Å². The maximum atomic E-state index is 4.88. The Balaban J connectivity index is 0.00000155. The molecule has 0 bridgehead atoms. The molecule has 2 rings (SSSR count). The predicted octanol–water partition coefficient (Wildman–Crippen LogP) is 24.6. The molecule has 0 aliphatic heterocycles. The number of hydrogen-bond acceptors (Lipinski definition) is 0. The number of hydrogen-bond donors (Lipinski definition) is 0. The van der Waals surface area contributed by atoms with Crippen LogP contribution in [0.4, 0.5) is 0 Å². The SMILES string of the molecule is CP(C)c1c(C([Si](C)(C)C)[Si](C)(C)C)cc(C([Si](C)(C)C)([Si](C)(C)C)[Si](C)(C)C)cc1C([Si](C)(C)C)[Si](C)(C)C.CP(C)c1c(C([Si](C)(C)C)[Si](C)(C)C)cc(C([Si](C)(C)C)([Si](C)(C)C)[Si](C)(C)C)cc1C([Si](C)(C)C)[Si](C)(C)C.[Cl][Pt][Cl]. The van der Waals surface area contributed by atoms with E-state index in [0.29, 0.717) is 8.57 Å². The summed E-state index contributed by atoms with van der Waals surface area (Å²) in [4.78, 5) is 0. The zero-order valence-corrected chi connectivity index (χ0v) is 84.2. The molecule has 0 atom stereocenters. The van der Waals surface area contributed by atoms with Gasteiger partial charge < -0.3 is 0 Å². The first-order valence-electron chi connectivity index (χ1n) is 32.2. The van der Waals surface area contributed by atoms with Crippen LogP contribution in [-0.2, 0) is 25.1 Å². The van der Waals surface area contributed by atoms with Crippen molar-refractivity contribution in [3.8, 4) is 0 Å². The van der Waals surface area contributed by atoms with Crippen molar-refractivity contribution < 1.29 is 16.5 Å². The average molecular weight is 1640 g/mol. The molecule has 0 spiro atoms. The molecule has 0 saturated carbocycles. The van der Waals surface area contributed by atoms with Crippen LogP contribution in [0.5, 0.6) is 0 Å². The van der Waals surface area contributed by atoms with Gasteiger partial charge >= 0.3 is 35.3 Å². The molecule has 0 amide bonds. The Morgan fingerprint density at radius 1 is 0.265 bits per heavy atom.